The van der Waals surface area contributed by atoms with Crippen LogP contribution >= 0.6 is 27.5 Å². The zero-order chi connectivity index (χ0) is 11.8. The molecule has 0 atom stereocenters. The van der Waals surface area contributed by atoms with Crippen molar-refractivity contribution >= 4 is 33.2 Å². The van der Waals surface area contributed by atoms with E-state index < -0.39 is 0 Å². The summed E-state index contributed by atoms with van der Waals surface area (Å²) in [4.78, 5) is 4.48. The molecule has 0 aliphatic carbocycles. The molecule has 0 N–H and O–H groups in total. The molecule has 0 fully saturated rings. The van der Waals surface area contributed by atoms with Gasteiger partial charge in [-0.2, -0.15) is 5.10 Å². The molecule has 0 saturated heterocycles. The zero-order valence-electron chi connectivity index (χ0n) is 8.64. The first-order chi connectivity index (χ1) is 8.22. The minimum atomic E-state index is 0.456. The summed E-state index contributed by atoms with van der Waals surface area (Å²) in [7, 11) is 0. The number of imidazole rings is 1. The minimum absolute atomic E-state index is 0.456. The number of hydrogen-bond donors (Lipinski definition) is 0. The molecule has 84 valence electrons. The SMILES string of the molecule is Clc1ccc2nc(-c3ccc(Br)cc3)cn2n1. The Morgan fingerprint density at radius 3 is 2.59 bits per heavy atom. The van der Waals surface area contributed by atoms with Gasteiger partial charge in [0.05, 0.1) is 11.9 Å². The van der Waals surface area contributed by atoms with Gasteiger partial charge in [-0.1, -0.05) is 39.7 Å². The van der Waals surface area contributed by atoms with E-state index in [9.17, 15) is 0 Å². The fraction of sp³-hybridized carbons (Fsp3) is 0. The third-order valence-electron chi connectivity index (χ3n) is 2.43. The Kier molecular flexibility index (Phi) is 2.61. The number of hydrogen-bond acceptors (Lipinski definition) is 2. The van der Waals surface area contributed by atoms with E-state index in [-0.39, 0.29) is 0 Å². The highest BCUT2D eigenvalue weighted by molar-refractivity contribution is 9.10. The van der Waals surface area contributed by atoms with Gasteiger partial charge < -0.3 is 0 Å². The maximum Gasteiger partial charge on any atom is 0.154 e. The smallest absolute Gasteiger partial charge is 0.154 e. The van der Waals surface area contributed by atoms with E-state index in [2.05, 4.69) is 26.0 Å². The highest BCUT2D eigenvalue weighted by Crippen LogP contribution is 2.21. The second kappa shape index (κ2) is 4.13. The van der Waals surface area contributed by atoms with Crippen molar-refractivity contribution in [1.29, 1.82) is 0 Å². The van der Waals surface area contributed by atoms with Gasteiger partial charge in [0, 0.05) is 10.0 Å². The molecule has 3 aromatic rings. The third-order valence-corrected chi connectivity index (χ3v) is 3.16. The average molecular weight is 309 g/mol. The molecule has 0 radical (unpaired) electrons. The molecular weight excluding hydrogens is 302 g/mol. The van der Waals surface area contributed by atoms with Crippen LogP contribution in [0.5, 0.6) is 0 Å². The molecule has 0 spiro atoms. The van der Waals surface area contributed by atoms with E-state index in [1.54, 1.807) is 10.6 Å². The van der Waals surface area contributed by atoms with Crippen molar-refractivity contribution in [1.82, 2.24) is 14.6 Å². The van der Waals surface area contributed by atoms with Crippen molar-refractivity contribution in [2.24, 2.45) is 0 Å². The van der Waals surface area contributed by atoms with Gasteiger partial charge in [-0.05, 0) is 24.3 Å². The summed E-state index contributed by atoms with van der Waals surface area (Å²) in [6.07, 6.45) is 1.87. The molecule has 17 heavy (non-hydrogen) atoms. The monoisotopic (exact) mass is 307 g/mol. The first kappa shape index (κ1) is 10.7. The lowest BCUT2D eigenvalue weighted by Gasteiger charge is -1.95. The van der Waals surface area contributed by atoms with Crippen LogP contribution in [0.4, 0.5) is 0 Å². The van der Waals surface area contributed by atoms with Gasteiger partial charge in [-0.25, -0.2) is 9.50 Å². The number of rotatable bonds is 1. The van der Waals surface area contributed by atoms with Crippen molar-refractivity contribution in [3.05, 3.63) is 52.2 Å². The Hall–Kier alpha value is -1.39. The molecule has 0 bridgehead atoms. The number of benzene rings is 1. The van der Waals surface area contributed by atoms with Crippen molar-refractivity contribution < 1.29 is 0 Å². The molecule has 3 nitrogen and oxygen atoms in total. The van der Waals surface area contributed by atoms with E-state index in [1.807, 2.05) is 36.5 Å². The van der Waals surface area contributed by atoms with Gasteiger partial charge >= 0.3 is 0 Å². The lowest BCUT2D eigenvalue weighted by Crippen LogP contribution is -1.88. The summed E-state index contributed by atoms with van der Waals surface area (Å²) in [5, 5.41) is 4.61. The lowest BCUT2D eigenvalue weighted by atomic mass is 10.2. The minimum Gasteiger partial charge on any atom is -0.227 e. The zero-order valence-corrected chi connectivity index (χ0v) is 11.0. The average Bonchev–Trinajstić information content (AvgIpc) is 2.72. The molecule has 3 rings (SSSR count). The summed E-state index contributed by atoms with van der Waals surface area (Å²) >= 11 is 9.24. The van der Waals surface area contributed by atoms with Gasteiger partial charge in [0.15, 0.2) is 5.65 Å². The summed E-state index contributed by atoms with van der Waals surface area (Å²) in [5.74, 6) is 0. The largest absolute Gasteiger partial charge is 0.227 e. The Labute approximate surface area is 111 Å². The normalized spacial score (nSPS) is 10.9. The van der Waals surface area contributed by atoms with Crippen LogP contribution in [0.3, 0.4) is 0 Å². The van der Waals surface area contributed by atoms with Gasteiger partial charge in [-0.3, -0.25) is 0 Å². The second-order valence-corrected chi connectivity index (χ2v) is 4.89. The number of halogens is 2. The highest BCUT2D eigenvalue weighted by Gasteiger charge is 2.05. The molecule has 0 aliphatic heterocycles. The second-order valence-electron chi connectivity index (χ2n) is 3.59. The van der Waals surface area contributed by atoms with Crippen molar-refractivity contribution in [2.75, 3.05) is 0 Å². The third kappa shape index (κ3) is 2.06. The highest BCUT2D eigenvalue weighted by atomic mass is 79.9. The molecule has 1 aromatic carbocycles. The predicted molar refractivity (Wildman–Crippen MR) is 71.1 cm³/mol. The Balaban J connectivity index is 2.14. The summed E-state index contributed by atoms with van der Waals surface area (Å²) in [6.45, 7) is 0. The predicted octanol–water partition coefficient (Wildman–Crippen LogP) is 3.81. The Bertz CT molecular complexity index is 676. The van der Waals surface area contributed by atoms with E-state index in [0.717, 1.165) is 21.4 Å². The molecule has 0 saturated carbocycles. The van der Waals surface area contributed by atoms with Crippen molar-refractivity contribution in [3.63, 3.8) is 0 Å². The van der Waals surface area contributed by atoms with Crippen LogP contribution in [0, 0.1) is 0 Å². The van der Waals surface area contributed by atoms with Crippen LogP contribution in [0.25, 0.3) is 16.9 Å². The van der Waals surface area contributed by atoms with Crippen LogP contribution in [-0.4, -0.2) is 14.6 Å². The molecule has 2 aromatic heterocycles. The maximum atomic E-state index is 5.83. The van der Waals surface area contributed by atoms with Crippen LogP contribution in [0.15, 0.2) is 47.1 Å². The number of nitrogens with zero attached hydrogens (tertiary/aromatic N) is 3. The molecular formula is C12H7BrClN3. The van der Waals surface area contributed by atoms with Crippen LogP contribution < -0.4 is 0 Å². The summed E-state index contributed by atoms with van der Waals surface area (Å²) in [5.41, 5.74) is 2.72. The molecule has 0 aliphatic rings. The lowest BCUT2D eigenvalue weighted by molar-refractivity contribution is 0.937. The van der Waals surface area contributed by atoms with Crippen LogP contribution in [0.2, 0.25) is 5.15 Å². The first-order valence-corrected chi connectivity index (χ1v) is 6.17. The topological polar surface area (TPSA) is 30.2 Å². The van der Waals surface area contributed by atoms with Crippen LogP contribution in [0.1, 0.15) is 0 Å². The van der Waals surface area contributed by atoms with E-state index in [1.165, 1.54) is 0 Å². The van der Waals surface area contributed by atoms with Crippen molar-refractivity contribution in [3.8, 4) is 11.3 Å². The van der Waals surface area contributed by atoms with Gasteiger partial charge in [0.2, 0.25) is 0 Å². The van der Waals surface area contributed by atoms with Gasteiger partial charge in [0.25, 0.3) is 0 Å². The summed E-state index contributed by atoms with van der Waals surface area (Å²) in [6, 6.07) is 11.6. The standard InChI is InChI=1S/C12H7BrClN3/c13-9-3-1-8(2-4-9)10-7-17-12(15-10)6-5-11(14)16-17/h1-7H. The Morgan fingerprint density at radius 1 is 1.06 bits per heavy atom. The van der Waals surface area contributed by atoms with E-state index >= 15 is 0 Å². The summed E-state index contributed by atoms with van der Waals surface area (Å²) < 4.78 is 2.73. The number of aromatic nitrogens is 3. The first-order valence-electron chi connectivity index (χ1n) is 5.00. The molecule has 0 unspecified atom stereocenters. The quantitative estimate of drug-likeness (QED) is 0.684. The molecule has 2 heterocycles. The van der Waals surface area contributed by atoms with Gasteiger partial charge in [0.1, 0.15) is 5.15 Å². The maximum absolute atomic E-state index is 5.83. The fourth-order valence-electron chi connectivity index (χ4n) is 1.62. The number of fused-ring (bicyclic) bond motifs is 1. The Morgan fingerprint density at radius 2 is 1.82 bits per heavy atom. The molecule has 0 amide bonds. The van der Waals surface area contributed by atoms with E-state index in [4.69, 9.17) is 11.6 Å². The van der Waals surface area contributed by atoms with Crippen molar-refractivity contribution in [2.45, 2.75) is 0 Å². The van der Waals surface area contributed by atoms with Gasteiger partial charge in [-0.15, -0.1) is 0 Å². The fourth-order valence-corrected chi connectivity index (χ4v) is 2.03. The van der Waals surface area contributed by atoms with E-state index in [0.29, 0.717) is 5.15 Å². The van der Waals surface area contributed by atoms with Crippen LogP contribution in [-0.2, 0) is 0 Å². The molecule has 5 heteroatoms.